The highest BCUT2D eigenvalue weighted by molar-refractivity contribution is 7.91. The lowest BCUT2D eigenvalue weighted by atomic mass is 10.4. The Bertz CT molecular complexity index is 492. The first-order valence-corrected chi connectivity index (χ1v) is 7.39. The van der Waals surface area contributed by atoms with Crippen molar-refractivity contribution in [3.63, 3.8) is 0 Å². The third-order valence-corrected chi connectivity index (χ3v) is 5.40. The number of rotatable bonds is 5. The Kier molecular flexibility index (Phi) is 4.67. The predicted octanol–water partition coefficient (Wildman–Crippen LogP) is 1.15. The molecule has 1 N–H and O–H groups in total. The number of carbonyl (C=O) groups excluding carboxylic acids is 1. The van der Waals surface area contributed by atoms with Crippen LogP contribution in [0.15, 0.2) is 16.3 Å². The second-order valence-corrected chi connectivity index (χ2v) is 6.55. The molecule has 7 heteroatoms. The monoisotopic (exact) mass is 277 g/mol. The minimum Gasteiger partial charge on any atom is -0.468 e. The van der Waals surface area contributed by atoms with E-state index >= 15 is 0 Å². The molecular formula is C10H15NO4S2. The highest BCUT2D eigenvalue weighted by Crippen LogP contribution is 2.21. The fraction of sp³-hybridized carbons (Fsp3) is 0.500. The normalized spacial score (nSPS) is 13.4. The van der Waals surface area contributed by atoms with Gasteiger partial charge in [-0.15, -0.1) is 11.3 Å². The van der Waals surface area contributed by atoms with Gasteiger partial charge in [0.1, 0.15) is 10.3 Å². The van der Waals surface area contributed by atoms with Crippen LogP contribution < -0.4 is 4.72 Å². The molecular weight excluding hydrogens is 262 g/mol. The van der Waals surface area contributed by atoms with E-state index in [-0.39, 0.29) is 4.21 Å². The summed E-state index contributed by atoms with van der Waals surface area (Å²) in [6.45, 7) is 3.39. The van der Waals surface area contributed by atoms with Crippen LogP contribution >= 0.6 is 11.3 Å². The summed E-state index contributed by atoms with van der Waals surface area (Å²) in [6, 6.07) is 2.41. The molecule has 1 unspecified atom stereocenters. The van der Waals surface area contributed by atoms with Crippen LogP contribution in [0.3, 0.4) is 0 Å². The topological polar surface area (TPSA) is 72.5 Å². The zero-order valence-corrected chi connectivity index (χ0v) is 11.5. The number of hydrogen-bond donors (Lipinski definition) is 1. The van der Waals surface area contributed by atoms with E-state index in [2.05, 4.69) is 9.46 Å². The lowest BCUT2D eigenvalue weighted by Crippen LogP contribution is -2.38. The Morgan fingerprint density at radius 3 is 2.65 bits per heavy atom. The van der Waals surface area contributed by atoms with Crippen molar-refractivity contribution < 1.29 is 17.9 Å². The number of nitrogens with one attached hydrogen (secondary N) is 1. The van der Waals surface area contributed by atoms with Crippen LogP contribution in [-0.4, -0.2) is 27.5 Å². The standard InChI is InChI=1S/C10H15NO4S2/c1-4-8-5-6-9(16-8)17(13,14)11-7(2)10(12)15-3/h5-7,11H,4H2,1-3H3. The van der Waals surface area contributed by atoms with Gasteiger partial charge in [0.15, 0.2) is 0 Å². The number of ether oxygens (including phenoxy) is 1. The quantitative estimate of drug-likeness (QED) is 0.819. The fourth-order valence-corrected chi connectivity index (χ4v) is 3.71. The second kappa shape index (κ2) is 5.61. The van der Waals surface area contributed by atoms with E-state index in [9.17, 15) is 13.2 Å². The van der Waals surface area contributed by atoms with Crippen LogP contribution in [-0.2, 0) is 26.0 Å². The summed E-state index contributed by atoms with van der Waals surface area (Å²) in [5.74, 6) is -0.610. The van der Waals surface area contributed by atoms with Crippen LogP contribution in [0, 0.1) is 0 Å². The molecule has 1 atom stereocenters. The van der Waals surface area contributed by atoms with Crippen molar-refractivity contribution in [2.24, 2.45) is 0 Å². The minimum atomic E-state index is -3.64. The van der Waals surface area contributed by atoms with E-state index in [0.29, 0.717) is 0 Å². The molecule has 0 aliphatic carbocycles. The molecule has 1 aromatic rings. The molecule has 1 aromatic heterocycles. The molecule has 0 bridgehead atoms. The number of sulfonamides is 1. The van der Waals surface area contributed by atoms with E-state index in [1.54, 1.807) is 6.07 Å². The fourth-order valence-electron chi connectivity index (χ4n) is 1.21. The van der Waals surface area contributed by atoms with E-state index < -0.39 is 22.0 Å². The van der Waals surface area contributed by atoms with E-state index in [1.807, 2.05) is 6.92 Å². The molecule has 0 aliphatic heterocycles. The molecule has 96 valence electrons. The van der Waals surface area contributed by atoms with Crippen LogP contribution in [0.4, 0.5) is 0 Å². The minimum absolute atomic E-state index is 0.213. The maximum atomic E-state index is 11.9. The van der Waals surface area contributed by atoms with Crippen LogP contribution in [0.1, 0.15) is 18.7 Å². The van der Waals surface area contributed by atoms with Crippen molar-refractivity contribution in [2.45, 2.75) is 30.5 Å². The summed E-state index contributed by atoms with van der Waals surface area (Å²) in [5.41, 5.74) is 0. The summed E-state index contributed by atoms with van der Waals surface area (Å²) in [4.78, 5) is 12.1. The van der Waals surface area contributed by atoms with Gasteiger partial charge in [-0.3, -0.25) is 4.79 Å². The predicted molar refractivity (Wildman–Crippen MR) is 65.5 cm³/mol. The van der Waals surface area contributed by atoms with Gasteiger partial charge in [0, 0.05) is 4.88 Å². The maximum absolute atomic E-state index is 11.9. The van der Waals surface area contributed by atoms with Crippen molar-refractivity contribution >= 4 is 27.3 Å². The van der Waals surface area contributed by atoms with Crippen LogP contribution in [0.5, 0.6) is 0 Å². The molecule has 5 nitrogen and oxygen atoms in total. The molecule has 0 radical (unpaired) electrons. The average Bonchev–Trinajstić information content (AvgIpc) is 2.76. The summed E-state index contributed by atoms with van der Waals surface area (Å²) in [7, 11) is -2.42. The zero-order chi connectivity index (χ0) is 13.1. The van der Waals surface area contributed by atoms with E-state index in [1.165, 1.54) is 31.4 Å². The summed E-state index contributed by atoms with van der Waals surface area (Å²) < 4.78 is 30.7. The number of aryl methyl sites for hydroxylation is 1. The maximum Gasteiger partial charge on any atom is 0.323 e. The van der Waals surface area contributed by atoms with Crippen molar-refractivity contribution in [2.75, 3.05) is 7.11 Å². The average molecular weight is 277 g/mol. The summed E-state index contributed by atoms with van der Waals surface area (Å²) in [6.07, 6.45) is 0.784. The molecule has 1 heterocycles. The van der Waals surface area contributed by atoms with Gasteiger partial charge in [-0.25, -0.2) is 8.42 Å². The summed E-state index contributed by atoms with van der Waals surface area (Å²) in [5, 5.41) is 0. The highest BCUT2D eigenvalue weighted by atomic mass is 32.2. The number of esters is 1. The SMILES string of the molecule is CCc1ccc(S(=O)(=O)NC(C)C(=O)OC)s1. The van der Waals surface area contributed by atoms with Gasteiger partial charge in [-0.2, -0.15) is 4.72 Å². The molecule has 1 rings (SSSR count). The zero-order valence-electron chi connectivity index (χ0n) is 9.89. The van der Waals surface area contributed by atoms with Crippen LogP contribution in [0.2, 0.25) is 0 Å². The molecule has 0 saturated carbocycles. The van der Waals surface area contributed by atoms with Crippen molar-refractivity contribution in [1.82, 2.24) is 4.72 Å². The smallest absolute Gasteiger partial charge is 0.323 e. The lowest BCUT2D eigenvalue weighted by molar-refractivity contribution is -0.142. The molecule has 0 aromatic carbocycles. The molecule has 0 spiro atoms. The largest absolute Gasteiger partial charge is 0.468 e. The second-order valence-electron chi connectivity index (χ2n) is 3.44. The third-order valence-electron chi connectivity index (χ3n) is 2.14. The van der Waals surface area contributed by atoms with Crippen LogP contribution in [0.25, 0.3) is 0 Å². The van der Waals surface area contributed by atoms with E-state index in [4.69, 9.17) is 0 Å². The van der Waals surface area contributed by atoms with Gasteiger partial charge in [-0.05, 0) is 25.5 Å². The first kappa shape index (κ1) is 14.1. The molecule has 17 heavy (non-hydrogen) atoms. The van der Waals surface area contributed by atoms with Gasteiger partial charge >= 0.3 is 5.97 Å². The van der Waals surface area contributed by atoms with Gasteiger partial charge in [0.2, 0.25) is 0 Å². The first-order valence-electron chi connectivity index (χ1n) is 5.09. The molecule has 0 fully saturated rings. The van der Waals surface area contributed by atoms with Gasteiger partial charge in [-0.1, -0.05) is 6.92 Å². The Hall–Kier alpha value is -0.920. The third kappa shape index (κ3) is 3.52. The summed E-state index contributed by atoms with van der Waals surface area (Å²) >= 11 is 1.20. The van der Waals surface area contributed by atoms with Gasteiger partial charge in [0.05, 0.1) is 7.11 Å². The van der Waals surface area contributed by atoms with Crippen molar-refractivity contribution in [3.05, 3.63) is 17.0 Å². The van der Waals surface area contributed by atoms with Crippen molar-refractivity contribution in [3.8, 4) is 0 Å². The number of carbonyl (C=O) groups is 1. The number of methoxy groups -OCH3 is 1. The highest BCUT2D eigenvalue weighted by Gasteiger charge is 2.23. The number of hydrogen-bond acceptors (Lipinski definition) is 5. The van der Waals surface area contributed by atoms with Gasteiger partial charge in [0.25, 0.3) is 10.0 Å². The van der Waals surface area contributed by atoms with E-state index in [0.717, 1.165) is 11.3 Å². The lowest BCUT2D eigenvalue weighted by Gasteiger charge is -2.10. The Morgan fingerprint density at radius 1 is 1.53 bits per heavy atom. The Labute approximate surface area is 105 Å². The Morgan fingerprint density at radius 2 is 2.18 bits per heavy atom. The Balaban J connectivity index is 2.85. The molecule has 0 aliphatic rings. The van der Waals surface area contributed by atoms with Crippen molar-refractivity contribution in [1.29, 1.82) is 0 Å². The number of thiophene rings is 1. The first-order chi connectivity index (χ1) is 7.90. The molecule has 0 saturated heterocycles. The van der Waals surface area contributed by atoms with Gasteiger partial charge < -0.3 is 4.74 Å². The molecule has 0 amide bonds.